The Bertz CT molecular complexity index is 252. The molecule has 1 heterocycles. The van der Waals surface area contributed by atoms with E-state index < -0.39 is 0 Å². The summed E-state index contributed by atoms with van der Waals surface area (Å²) >= 11 is 0. The van der Waals surface area contributed by atoms with Crippen LogP contribution in [0.3, 0.4) is 0 Å². The summed E-state index contributed by atoms with van der Waals surface area (Å²) in [5.74, 6) is 5.87. The number of likely N-dealkylation sites (N-methyl/N-ethyl adjacent to an activating group) is 1. The van der Waals surface area contributed by atoms with Crippen LogP contribution in [0.15, 0.2) is 0 Å². The molecule has 20 heavy (non-hydrogen) atoms. The quantitative estimate of drug-likeness (QED) is 0.478. The van der Waals surface area contributed by atoms with Crippen molar-refractivity contribution in [2.24, 2.45) is 5.84 Å². The standard InChI is InChI=1S/C16H35N3O/c1-5-16(4,19(6-2)7-3)15(18-17)12-8-10-14-11-9-13-20-14/h14-15,18H,5-13,17H2,1-4H3. The maximum atomic E-state index is 5.87. The SMILES string of the molecule is CCN(CC)C(C)(CC)C(CCCC1CCCO1)NN. The van der Waals surface area contributed by atoms with Crippen LogP contribution in [0.1, 0.15) is 66.2 Å². The molecule has 3 atom stereocenters. The van der Waals surface area contributed by atoms with Crippen molar-refractivity contribution < 1.29 is 4.74 Å². The van der Waals surface area contributed by atoms with E-state index in [1.165, 1.54) is 25.7 Å². The molecule has 4 nitrogen and oxygen atoms in total. The van der Waals surface area contributed by atoms with Gasteiger partial charge in [-0.05, 0) is 58.5 Å². The minimum atomic E-state index is 0.134. The van der Waals surface area contributed by atoms with E-state index in [0.717, 1.165) is 32.5 Å². The van der Waals surface area contributed by atoms with Gasteiger partial charge < -0.3 is 4.74 Å². The van der Waals surface area contributed by atoms with Gasteiger partial charge in [0, 0.05) is 18.2 Å². The van der Waals surface area contributed by atoms with Gasteiger partial charge in [0.05, 0.1) is 6.10 Å². The molecule has 120 valence electrons. The van der Waals surface area contributed by atoms with Crippen LogP contribution in [0.5, 0.6) is 0 Å². The Labute approximate surface area is 125 Å². The predicted octanol–water partition coefficient (Wildman–Crippen LogP) is 2.68. The Hall–Kier alpha value is -0.160. The molecule has 0 aromatic carbocycles. The molecule has 0 aromatic rings. The van der Waals surface area contributed by atoms with Gasteiger partial charge in [-0.3, -0.25) is 16.2 Å². The molecule has 0 bridgehead atoms. The summed E-state index contributed by atoms with van der Waals surface area (Å²) in [5.41, 5.74) is 3.22. The van der Waals surface area contributed by atoms with Gasteiger partial charge in [-0.1, -0.05) is 20.8 Å². The average Bonchev–Trinajstić information content (AvgIpc) is 2.97. The molecule has 4 heteroatoms. The molecule has 1 aliphatic heterocycles. The number of ether oxygens (including phenoxy) is 1. The summed E-state index contributed by atoms with van der Waals surface area (Å²) < 4.78 is 5.71. The number of nitrogens with one attached hydrogen (secondary N) is 1. The van der Waals surface area contributed by atoms with Crippen LogP contribution in [0.25, 0.3) is 0 Å². The average molecular weight is 285 g/mol. The van der Waals surface area contributed by atoms with Crippen LogP contribution in [-0.4, -0.2) is 42.3 Å². The van der Waals surface area contributed by atoms with Gasteiger partial charge in [-0.25, -0.2) is 0 Å². The zero-order valence-electron chi connectivity index (χ0n) is 14.0. The first kappa shape index (κ1) is 17.9. The summed E-state index contributed by atoms with van der Waals surface area (Å²) in [6, 6.07) is 0.341. The Morgan fingerprint density at radius 1 is 1.35 bits per heavy atom. The van der Waals surface area contributed by atoms with Crippen molar-refractivity contribution in [3.05, 3.63) is 0 Å². The topological polar surface area (TPSA) is 50.5 Å². The number of nitrogens with zero attached hydrogens (tertiary/aromatic N) is 1. The van der Waals surface area contributed by atoms with Crippen molar-refractivity contribution in [2.75, 3.05) is 19.7 Å². The molecule has 1 aliphatic rings. The van der Waals surface area contributed by atoms with Crippen molar-refractivity contribution in [1.82, 2.24) is 10.3 Å². The minimum absolute atomic E-state index is 0.134. The Morgan fingerprint density at radius 3 is 2.50 bits per heavy atom. The molecule has 0 spiro atoms. The Kier molecular flexibility index (Phi) is 8.03. The van der Waals surface area contributed by atoms with Gasteiger partial charge in [-0.2, -0.15) is 0 Å². The van der Waals surface area contributed by atoms with E-state index in [4.69, 9.17) is 10.6 Å². The summed E-state index contributed by atoms with van der Waals surface area (Å²) in [6.45, 7) is 12.2. The summed E-state index contributed by atoms with van der Waals surface area (Å²) in [6.07, 6.45) is 7.57. The van der Waals surface area contributed by atoms with E-state index in [2.05, 4.69) is 38.0 Å². The third-order valence-electron chi connectivity index (χ3n) is 5.20. The predicted molar refractivity (Wildman–Crippen MR) is 85.6 cm³/mol. The summed E-state index contributed by atoms with van der Waals surface area (Å²) in [7, 11) is 0. The fourth-order valence-electron chi connectivity index (χ4n) is 3.63. The molecule has 1 rings (SSSR count). The van der Waals surface area contributed by atoms with Crippen molar-refractivity contribution in [3.63, 3.8) is 0 Å². The van der Waals surface area contributed by atoms with E-state index in [-0.39, 0.29) is 5.54 Å². The molecule has 3 N–H and O–H groups in total. The molecule has 3 unspecified atom stereocenters. The third-order valence-corrected chi connectivity index (χ3v) is 5.20. The normalized spacial score (nSPS) is 24.0. The van der Waals surface area contributed by atoms with Crippen LogP contribution < -0.4 is 11.3 Å². The first-order chi connectivity index (χ1) is 9.62. The summed E-state index contributed by atoms with van der Waals surface area (Å²) in [5, 5.41) is 0. The van der Waals surface area contributed by atoms with Crippen LogP contribution in [0.4, 0.5) is 0 Å². The highest BCUT2D eigenvalue weighted by Gasteiger charge is 2.36. The highest BCUT2D eigenvalue weighted by molar-refractivity contribution is 4.95. The molecule has 0 aromatic heterocycles. The van der Waals surface area contributed by atoms with Gasteiger partial charge in [0.1, 0.15) is 0 Å². The van der Waals surface area contributed by atoms with Crippen LogP contribution in [0.2, 0.25) is 0 Å². The number of rotatable bonds is 10. The third kappa shape index (κ3) is 4.42. The number of hydrazine groups is 1. The molecular formula is C16H35N3O. The lowest BCUT2D eigenvalue weighted by Gasteiger charge is -2.45. The van der Waals surface area contributed by atoms with Crippen LogP contribution in [0, 0.1) is 0 Å². The summed E-state index contributed by atoms with van der Waals surface area (Å²) in [4.78, 5) is 2.53. The molecular weight excluding hydrogens is 250 g/mol. The number of nitrogens with two attached hydrogens (primary N) is 1. The van der Waals surface area contributed by atoms with E-state index >= 15 is 0 Å². The van der Waals surface area contributed by atoms with Crippen molar-refractivity contribution in [2.45, 2.75) is 83.9 Å². The minimum Gasteiger partial charge on any atom is -0.378 e. The van der Waals surface area contributed by atoms with Crippen LogP contribution in [-0.2, 0) is 4.74 Å². The lowest BCUT2D eigenvalue weighted by Crippen LogP contribution is -2.60. The fourth-order valence-corrected chi connectivity index (χ4v) is 3.63. The molecule has 0 saturated carbocycles. The highest BCUT2D eigenvalue weighted by atomic mass is 16.5. The smallest absolute Gasteiger partial charge is 0.0576 e. The number of hydrogen-bond donors (Lipinski definition) is 2. The second-order valence-electron chi connectivity index (χ2n) is 6.17. The lowest BCUT2D eigenvalue weighted by atomic mass is 9.84. The second kappa shape index (κ2) is 8.98. The lowest BCUT2D eigenvalue weighted by molar-refractivity contribution is 0.0607. The maximum Gasteiger partial charge on any atom is 0.0576 e. The van der Waals surface area contributed by atoms with Crippen LogP contribution >= 0.6 is 0 Å². The van der Waals surface area contributed by atoms with Gasteiger partial charge in [-0.15, -0.1) is 0 Å². The fraction of sp³-hybridized carbons (Fsp3) is 1.00. The largest absolute Gasteiger partial charge is 0.378 e. The Balaban J connectivity index is 2.52. The van der Waals surface area contributed by atoms with E-state index in [1.807, 2.05) is 0 Å². The van der Waals surface area contributed by atoms with Gasteiger partial charge in [0.15, 0.2) is 0 Å². The van der Waals surface area contributed by atoms with E-state index in [9.17, 15) is 0 Å². The zero-order valence-corrected chi connectivity index (χ0v) is 14.0. The van der Waals surface area contributed by atoms with Gasteiger partial charge in [0.25, 0.3) is 0 Å². The van der Waals surface area contributed by atoms with E-state index in [0.29, 0.717) is 12.1 Å². The number of hydrogen-bond acceptors (Lipinski definition) is 4. The van der Waals surface area contributed by atoms with Gasteiger partial charge in [0.2, 0.25) is 0 Å². The molecule has 0 radical (unpaired) electrons. The zero-order chi connectivity index (χ0) is 15.0. The monoisotopic (exact) mass is 285 g/mol. The van der Waals surface area contributed by atoms with Crippen molar-refractivity contribution >= 4 is 0 Å². The maximum absolute atomic E-state index is 5.87. The van der Waals surface area contributed by atoms with Gasteiger partial charge >= 0.3 is 0 Å². The first-order valence-electron chi connectivity index (χ1n) is 8.45. The van der Waals surface area contributed by atoms with E-state index in [1.54, 1.807) is 0 Å². The van der Waals surface area contributed by atoms with Crippen molar-refractivity contribution in [3.8, 4) is 0 Å². The first-order valence-corrected chi connectivity index (χ1v) is 8.45. The molecule has 1 fully saturated rings. The molecule has 1 saturated heterocycles. The molecule has 0 aliphatic carbocycles. The second-order valence-corrected chi connectivity index (χ2v) is 6.17. The Morgan fingerprint density at radius 2 is 2.05 bits per heavy atom. The molecule has 0 amide bonds. The highest BCUT2D eigenvalue weighted by Crippen LogP contribution is 2.27. The van der Waals surface area contributed by atoms with Crippen molar-refractivity contribution in [1.29, 1.82) is 0 Å².